The summed E-state index contributed by atoms with van der Waals surface area (Å²) in [6, 6.07) is 6.93. The highest BCUT2D eigenvalue weighted by atomic mass is 35.5. The molecule has 4 nitrogen and oxygen atoms in total. The summed E-state index contributed by atoms with van der Waals surface area (Å²) in [5, 5.41) is 0. The van der Waals surface area contributed by atoms with Gasteiger partial charge >= 0.3 is 0 Å². The smallest absolute Gasteiger partial charge is 0.240 e. The van der Waals surface area contributed by atoms with Crippen LogP contribution in [-0.4, -0.2) is 21.0 Å². The Morgan fingerprint density at radius 3 is 2.28 bits per heavy atom. The third-order valence-corrected chi connectivity index (χ3v) is 4.01. The number of sulfonamides is 1. The first kappa shape index (κ1) is 17.4. The maximum absolute atomic E-state index is 11.9. The number of nitrogens with one attached hydrogen (secondary N) is 1. The summed E-state index contributed by atoms with van der Waals surface area (Å²) in [4.78, 5) is 0.305. The van der Waals surface area contributed by atoms with Gasteiger partial charge in [-0.15, -0.1) is 12.4 Å². The average molecular weight is 293 g/mol. The van der Waals surface area contributed by atoms with E-state index in [1.807, 2.05) is 26.0 Å². The Hall–Kier alpha value is -0.620. The van der Waals surface area contributed by atoms with Gasteiger partial charge in [-0.2, -0.15) is 0 Å². The molecule has 0 aliphatic rings. The van der Waals surface area contributed by atoms with Gasteiger partial charge in [-0.25, -0.2) is 13.1 Å². The van der Waals surface area contributed by atoms with Gasteiger partial charge in [-0.3, -0.25) is 0 Å². The summed E-state index contributed by atoms with van der Waals surface area (Å²) in [5.74, 6) is 0. The highest BCUT2D eigenvalue weighted by molar-refractivity contribution is 7.89. The minimum atomic E-state index is -3.39. The second-order valence-electron chi connectivity index (χ2n) is 4.16. The van der Waals surface area contributed by atoms with Gasteiger partial charge in [0.15, 0.2) is 0 Å². The van der Waals surface area contributed by atoms with Gasteiger partial charge in [0.05, 0.1) is 4.90 Å². The predicted octanol–water partition coefficient (Wildman–Crippen LogP) is 1.69. The van der Waals surface area contributed by atoms with E-state index in [1.165, 1.54) is 0 Å². The lowest BCUT2D eigenvalue weighted by Crippen LogP contribution is -2.29. The van der Waals surface area contributed by atoms with Crippen molar-refractivity contribution in [3.63, 3.8) is 0 Å². The largest absolute Gasteiger partial charge is 0.328 e. The summed E-state index contributed by atoms with van der Waals surface area (Å²) in [6.45, 7) is 4.25. The van der Waals surface area contributed by atoms with E-state index in [4.69, 9.17) is 5.73 Å². The van der Waals surface area contributed by atoms with Crippen molar-refractivity contribution >= 4 is 22.4 Å². The number of hydrogen-bond donors (Lipinski definition) is 2. The zero-order valence-corrected chi connectivity index (χ0v) is 12.4. The van der Waals surface area contributed by atoms with Crippen LogP contribution in [0.3, 0.4) is 0 Å². The minimum Gasteiger partial charge on any atom is -0.328 e. The zero-order valence-electron chi connectivity index (χ0n) is 10.7. The molecule has 18 heavy (non-hydrogen) atoms. The number of rotatable bonds is 6. The van der Waals surface area contributed by atoms with Crippen LogP contribution in [-0.2, 0) is 16.4 Å². The molecule has 0 amide bonds. The van der Waals surface area contributed by atoms with Crippen molar-refractivity contribution in [3.05, 3.63) is 29.8 Å². The molecule has 0 saturated carbocycles. The van der Waals surface area contributed by atoms with E-state index in [9.17, 15) is 8.42 Å². The highest BCUT2D eigenvalue weighted by Gasteiger charge is 2.12. The molecule has 3 N–H and O–H groups in total. The summed E-state index contributed by atoms with van der Waals surface area (Å²) in [6.07, 6.45) is 1.53. The third-order valence-electron chi connectivity index (χ3n) is 2.53. The molecule has 1 aromatic rings. The Labute approximate surface area is 115 Å². The molecule has 1 atom stereocenters. The second-order valence-corrected chi connectivity index (χ2v) is 5.93. The first-order chi connectivity index (χ1) is 7.95. The van der Waals surface area contributed by atoms with Gasteiger partial charge in [-0.05, 0) is 37.5 Å². The Balaban J connectivity index is 0.00000289. The summed E-state index contributed by atoms with van der Waals surface area (Å²) >= 11 is 0. The molecule has 0 heterocycles. The number of halogens is 1. The fourth-order valence-corrected chi connectivity index (χ4v) is 2.46. The van der Waals surface area contributed by atoms with Crippen LogP contribution in [0, 0.1) is 0 Å². The summed E-state index contributed by atoms with van der Waals surface area (Å²) < 4.78 is 26.3. The van der Waals surface area contributed by atoms with Crippen molar-refractivity contribution in [1.29, 1.82) is 0 Å². The molecule has 0 aromatic heterocycles. The molecule has 1 aromatic carbocycles. The molecular weight excluding hydrogens is 272 g/mol. The summed E-state index contributed by atoms with van der Waals surface area (Å²) in [7, 11) is -3.39. The molecule has 6 heteroatoms. The number of benzene rings is 1. The van der Waals surface area contributed by atoms with Crippen LogP contribution in [0.2, 0.25) is 0 Å². The lowest BCUT2D eigenvalue weighted by molar-refractivity contribution is 0.572. The molecule has 0 saturated heterocycles. The third kappa shape index (κ3) is 5.35. The van der Waals surface area contributed by atoms with Crippen LogP contribution in [0.25, 0.3) is 0 Å². The van der Waals surface area contributed by atoms with Crippen molar-refractivity contribution in [2.75, 3.05) is 6.54 Å². The van der Waals surface area contributed by atoms with E-state index >= 15 is 0 Å². The van der Waals surface area contributed by atoms with Crippen LogP contribution in [0.4, 0.5) is 0 Å². The molecule has 0 bridgehead atoms. The molecule has 0 aliphatic carbocycles. The van der Waals surface area contributed by atoms with E-state index in [0.717, 1.165) is 12.0 Å². The van der Waals surface area contributed by atoms with Crippen LogP contribution in [0.15, 0.2) is 29.2 Å². The van der Waals surface area contributed by atoms with Gasteiger partial charge < -0.3 is 5.73 Å². The normalized spacial score (nSPS) is 12.8. The van der Waals surface area contributed by atoms with Gasteiger partial charge in [0.2, 0.25) is 10.0 Å². The fraction of sp³-hybridized carbons (Fsp3) is 0.500. The molecule has 1 rings (SSSR count). The average Bonchev–Trinajstić information content (AvgIpc) is 2.28. The van der Waals surface area contributed by atoms with Gasteiger partial charge in [-0.1, -0.05) is 19.1 Å². The number of hydrogen-bond acceptors (Lipinski definition) is 3. The van der Waals surface area contributed by atoms with Crippen LogP contribution in [0.5, 0.6) is 0 Å². The molecule has 0 radical (unpaired) electrons. The first-order valence-electron chi connectivity index (χ1n) is 5.80. The van der Waals surface area contributed by atoms with Crippen LogP contribution in [0.1, 0.15) is 25.8 Å². The predicted molar refractivity (Wildman–Crippen MR) is 76.5 cm³/mol. The summed E-state index contributed by atoms with van der Waals surface area (Å²) in [5.41, 5.74) is 6.69. The molecule has 0 fully saturated rings. The van der Waals surface area contributed by atoms with E-state index in [2.05, 4.69) is 4.72 Å². The lowest BCUT2D eigenvalue weighted by Gasteiger charge is -2.08. The van der Waals surface area contributed by atoms with Gasteiger partial charge in [0.1, 0.15) is 0 Å². The van der Waals surface area contributed by atoms with E-state index < -0.39 is 10.0 Å². The van der Waals surface area contributed by atoms with Crippen molar-refractivity contribution in [2.24, 2.45) is 5.73 Å². The maximum atomic E-state index is 11.9. The molecule has 0 spiro atoms. The monoisotopic (exact) mass is 292 g/mol. The Morgan fingerprint density at radius 1 is 1.28 bits per heavy atom. The van der Waals surface area contributed by atoms with Gasteiger partial charge in [0, 0.05) is 12.6 Å². The Morgan fingerprint density at radius 2 is 1.83 bits per heavy atom. The number of nitrogens with two attached hydrogens (primary N) is 1. The molecular formula is C12H21ClN2O2S. The zero-order chi connectivity index (χ0) is 12.9. The van der Waals surface area contributed by atoms with E-state index in [0.29, 0.717) is 17.9 Å². The van der Waals surface area contributed by atoms with Crippen LogP contribution < -0.4 is 10.5 Å². The van der Waals surface area contributed by atoms with Crippen LogP contribution >= 0.6 is 12.4 Å². The van der Waals surface area contributed by atoms with E-state index in [1.54, 1.807) is 12.1 Å². The van der Waals surface area contributed by atoms with Crippen molar-refractivity contribution < 1.29 is 8.42 Å². The Bertz CT molecular complexity index is 444. The fourth-order valence-electron chi connectivity index (χ4n) is 1.41. The SMILES string of the molecule is CCc1ccc(S(=O)(=O)NCCC(C)N)cc1.Cl. The van der Waals surface area contributed by atoms with Crippen molar-refractivity contribution in [3.8, 4) is 0 Å². The molecule has 0 aliphatic heterocycles. The van der Waals surface area contributed by atoms with Gasteiger partial charge in [0.25, 0.3) is 0 Å². The van der Waals surface area contributed by atoms with Crippen molar-refractivity contribution in [1.82, 2.24) is 4.72 Å². The first-order valence-corrected chi connectivity index (χ1v) is 7.28. The molecule has 1 unspecified atom stereocenters. The van der Waals surface area contributed by atoms with Crippen molar-refractivity contribution in [2.45, 2.75) is 37.6 Å². The minimum absolute atomic E-state index is 0. The highest BCUT2D eigenvalue weighted by Crippen LogP contribution is 2.10. The number of aryl methyl sites for hydroxylation is 1. The second kappa shape index (κ2) is 7.74. The maximum Gasteiger partial charge on any atom is 0.240 e. The topological polar surface area (TPSA) is 72.2 Å². The quantitative estimate of drug-likeness (QED) is 0.838. The lowest BCUT2D eigenvalue weighted by atomic mass is 10.2. The Kier molecular flexibility index (Phi) is 7.47. The molecule has 104 valence electrons. The van der Waals surface area contributed by atoms with E-state index in [-0.39, 0.29) is 18.4 Å². The standard InChI is InChI=1S/C12H20N2O2S.ClH/c1-3-11-4-6-12(7-5-11)17(15,16)14-9-8-10(2)13;/h4-7,10,14H,3,8-9,13H2,1-2H3;1H.